The lowest BCUT2D eigenvalue weighted by atomic mass is 9.77. The van der Waals surface area contributed by atoms with Gasteiger partial charge < -0.3 is 24.1 Å². The smallest absolute Gasteiger partial charge is 0.491 e. The lowest BCUT2D eigenvalue weighted by Crippen LogP contribution is -2.56. The fourth-order valence-corrected chi connectivity index (χ4v) is 7.95. The number of hydrogen-bond donors (Lipinski definition) is 4. The minimum atomic E-state index is -1.20. The van der Waals surface area contributed by atoms with Crippen molar-refractivity contribution >= 4 is 48.8 Å². The molecule has 0 aromatic heterocycles. The van der Waals surface area contributed by atoms with Crippen LogP contribution in [0.4, 0.5) is 4.39 Å². The van der Waals surface area contributed by atoms with Crippen molar-refractivity contribution in [2.45, 2.75) is 108 Å². The summed E-state index contributed by atoms with van der Waals surface area (Å²) in [6.07, 6.45) is 0.590. The number of hydrazine groups is 2. The topological polar surface area (TPSA) is 167 Å². The predicted molar refractivity (Wildman–Crippen MR) is 241 cm³/mol. The molecule has 2 aliphatic heterocycles. The van der Waals surface area contributed by atoms with Crippen molar-refractivity contribution < 1.29 is 47.7 Å². The number of nitrogens with zero attached hydrogens (tertiary/aromatic N) is 2. The van der Waals surface area contributed by atoms with Gasteiger partial charge in [-0.05, 0) is 109 Å². The van der Waals surface area contributed by atoms with E-state index in [-0.39, 0.29) is 54.2 Å². The Bertz CT molecular complexity index is 2360. The Kier molecular flexibility index (Phi) is 15.0. The molecule has 4 amide bonds. The van der Waals surface area contributed by atoms with Crippen LogP contribution in [0.1, 0.15) is 130 Å². The number of fused-ring (bicyclic) bond motifs is 2. The Hall–Kier alpha value is -5.54. The number of nitrogens with one attached hydrogen (secondary N) is 2. The van der Waals surface area contributed by atoms with Gasteiger partial charge in [0, 0.05) is 33.3 Å². The van der Waals surface area contributed by atoms with Gasteiger partial charge >= 0.3 is 14.2 Å². The highest BCUT2D eigenvalue weighted by atomic mass is 19.1. The molecule has 0 spiro atoms. The van der Waals surface area contributed by atoms with E-state index in [4.69, 9.17) is 14.0 Å². The second-order valence-corrected chi connectivity index (χ2v) is 18.3. The number of halogens is 1. The number of amides is 4. The van der Waals surface area contributed by atoms with E-state index in [9.17, 15) is 29.2 Å². The summed E-state index contributed by atoms with van der Waals surface area (Å²) in [7, 11) is -2.31. The van der Waals surface area contributed by atoms with Gasteiger partial charge in [-0.2, -0.15) is 0 Å². The van der Waals surface area contributed by atoms with Crippen molar-refractivity contribution in [3.63, 3.8) is 0 Å². The molecule has 0 radical (unpaired) electrons. The standard InChI is InChI=1S/C24H30BFN2O4.C23H29BN2O5/c1-7-20(24(4,5)6)28(23(30)16-11-14(2)10-15(3)12-16)27-22(29)17-8-9-19-18(21(17)26)13-32-25(19)31;1-14-11-15(2)13-17(12-14)22(28)26(23(4,5)6)25-21(27)18-7-8-19-20(16(18)3)30-9-10-31-24(19)29/h8-12,20,31H,7,13H2,1-6H3,(H,27,29);7-8,11-13,29H,9-10H2,1-6H3,(H,25,27)/t20-;/m1./s1. The van der Waals surface area contributed by atoms with Gasteiger partial charge in [0.15, 0.2) is 0 Å². The molecule has 2 heterocycles. The zero-order chi connectivity index (χ0) is 46.7. The van der Waals surface area contributed by atoms with E-state index in [0.717, 1.165) is 22.3 Å². The molecule has 0 saturated carbocycles. The first kappa shape index (κ1) is 48.5. The largest absolute Gasteiger partial charge is 0.495 e. The third-order valence-corrected chi connectivity index (χ3v) is 10.9. The molecule has 0 aliphatic carbocycles. The highest BCUT2D eigenvalue weighted by Gasteiger charge is 2.37. The van der Waals surface area contributed by atoms with Gasteiger partial charge in [0.2, 0.25) is 0 Å². The molecule has 334 valence electrons. The van der Waals surface area contributed by atoms with Crippen molar-refractivity contribution in [1.82, 2.24) is 20.9 Å². The monoisotopic (exact) mass is 864 g/mol. The summed E-state index contributed by atoms with van der Waals surface area (Å²) in [5, 5.41) is 22.6. The lowest BCUT2D eigenvalue weighted by Gasteiger charge is -2.39. The van der Waals surface area contributed by atoms with E-state index in [0.29, 0.717) is 45.3 Å². The van der Waals surface area contributed by atoms with Crippen LogP contribution in [-0.4, -0.2) is 82.7 Å². The molecule has 2 aliphatic rings. The fourth-order valence-electron chi connectivity index (χ4n) is 7.95. The predicted octanol–water partition coefficient (Wildman–Crippen LogP) is 5.57. The first-order chi connectivity index (χ1) is 29.4. The van der Waals surface area contributed by atoms with Crippen molar-refractivity contribution in [1.29, 1.82) is 0 Å². The molecule has 0 fully saturated rings. The maximum absolute atomic E-state index is 15.0. The van der Waals surface area contributed by atoms with Crippen molar-refractivity contribution in [3.8, 4) is 5.75 Å². The highest BCUT2D eigenvalue weighted by molar-refractivity contribution is 6.61. The number of carbonyl (C=O) groups is 4. The summed E-state index contributed by atoms with van der Waals surface area (Å²) >= 11 is 0. The minimum absolute atomic E-state index is 0.117. The summed E-state index contributed by atoms with van der Waals surface area (Å²) in [5.41, 5.74) is 10.9. The summed E-state index contributed by atoms with van der Waals surface area (Å²) < 4.78 is 31.1. The van der Waals surface area contributed by atoms with Gasteiger partial charge in [0.1, 0.15) is 18.2 Å². The van der Waals surface area contributed by atoms with Gasteiger partial charge in [-0.15, -0.1) is 0 Å². The van der Waals surface area contributed by atoms with E-state index in [2.05, 4.69) is 10.9 Å². The minimum Gasteiger partial charge on any atom is -0.491 e. The molecular formula is C47H59B2FN4O9. The second kappa shape index (κ2) is 19.5. The summed E-state index contributed by atoms with van der Waals surface area (Å²) in [5.74, 6) is -2.13. The van der Waals surface area contributed by atoms with Crippen LogP contribution in [0.15, 0.2) is 60.7 Å². The number of rotatable bonds is 6. The second-order valence-electron chi connectivity index (χ2n) is 18.3. The number of carbonyl (C=O) groups excluding carboxylic acids is 4. The zero-order valence-corrected chi connectivity index (χ0v) is 38.4. The van der Waals surface area contributed by atoms with E-state index in [1.807, 2.05) is 100 Å². The normalized spacial score (nSPS) is 14.0. The molecule has 6 rings (SSSR count). The zero-order valence-electron chi connectivity index (χ0n) is 38.4. The van der Waals surface area contributed by atoms with Crippen LogP contribution in [0.5, 0.6) is 5.75 Å². The molecule has 13 nitrogen and oxygen atoms in total. The summed E-state index contributed by atoms with van der Waals surface area (Å²) in [6.45, 7) is 23.3. The SMILES string of the molecule is CC[C@@H](N(NC(=O)c1ccc2c(c1F)COB2O)C(=O)c1cc(C)cc(C)c1)C(C)(C)C.Cc1cc(C)cc(C(=O)N(NC(=O)c2ccc3c(c2C)OCCOB3O)C(C)(C)C)c1. The maximum Gasteiger partial charge on any atom is 0.495 e. The first-order valence-corrected chi connectivity index (χ1v) is 21.1. The van der Waals surface area contributed by atoms with Crippen LogP contribution < -0.4 is 26.5 Å². The van der Waals surface area contributed by atoms with Gasteiger partial charge in [-0.3, -0.25) is 30.0 Å². The summed E-state index contributed by atoms with van der Waals surface area (Å²) in [4.78, 5) is 53.2. The van der Waals surface area contributed by atoms with Gasteiger partial charge in [0.05, 0.1) is 30.4 Å². The summed E-state index contributed by atoms with van der Waals surface area (Å²) in [6, 6.07) is 16.8. The fraction of sp³-hybridized carbons (Fsp3) is 0.404. The Labute approximate surface area is 370 Å². The molecule has 0 unspecified atom stereocenters. The molecule has 16 heteroatoms. The number of benzene rings is 4. The van der Waals surface area contributed by atoms with Crippen LogP contribution in [0.2, 0.25) is 0 Å². The van der Waals surface area contributed by atoms with Gasteiger partial charge in [-0.25, -0.2) is 14.4 Å². The van der Waals surface area contributed by atoms with Crippen molar-refractivity contribution in [3.05, 3.63) is 122 Å². The Morgan fingerprint density at radius 3 is 1.76 bits per heavy atom. The van der Waals surface area contributed by atoms with Crippen LogP contribution in [0, 0.1) is 45.9 Å². The van der Waals surface area contributed by atoms with Crippen molar-refractivity contribution in [2.24, 2.45) is 5.41 Å². The van der Waals surface area contributed by atoms with Crippen LogP contribution in [0.25, 0.3) is 0 Å². The van der Waals surface area contributed by atoms with E-state index in [1.165, 1.54) is 22.2 Å². The molecule has 4 aromatic rings. The molecule has 0 bridgehead atoms. The lowest BCUT2D eigenvalue weighted by molar-refractivity contribution is 0.0283. The first-order valence-electron chi connectivity index (χ1n) is 21.1. The van der Waals surface area contributed by atoms with E-state index < -0.39 is 37.4 Å². The van der Waals surface area contributed by atoms with Crippen LogP contribution >= 0.6 is 0 Å². The molecule has 0 saturated heterocycles. The maximum atomic E-state index is 15.0. The van der Waals surface area contributed by atoms with E-state index >= 15 is 4.39 Å². The molecule has 4 aromatic carbocycles. The number of aryl methyl sites for hydroxylation is 4. The average molecular weight is 865 g/mol. The van der Waals surface area contributed by atoms with E-state index in [1.54, 1.807) is 31.2 Å². The number of ether oxygens (including phenoxy) is 1. The molecule has 4 N–H and O–H groups in total. The Morgan fingerprint density at radius 1 is 0.714 bits per heavy atom. The Morgan fingerprint density at radius 2 is 1.22 bits per heavy atom. The van der Waals surface area contributed by atoms with Gasteiger partial charge in [0.25, 0.3) is 23.6 Å². The van der Waals surface area contributed by atoms with Crippen molar-refractivity contribution in [2.75, 3.05) is 13.2 Å². The third kappa shape index (κ3) is 11.2. The third-order valence-electron chi connectivity index (χ3n) is 10.9. The van der Waals surface area contributed by atoms with Crippen LogP contribution in [-0.2, 0) is 15.9 Å². The molecule has 1 atom stereocenters. The highest BCUT2D eigenvalue weighted by Crippen LogP contribution is 2.29. The average Bonchev–Trinajstić information content (AvgIpc) is 3.46. The van der Waals surface area contributed by atoms with Gasteiger partial charge in [-0.1, -0.05) is 74.2 Å². The Balaban J connectivity index is 0.000000238. The number of hydrogen-bond acceptors (Lipinski definition) is 9. The molecular weight excluding hydrogens is 805 g/mol. The quantitative estimate of drug-likeness (QED) is 0.143. The van der Waals surface area contributed by atoms with Crippen LogP contribution in [0.3, 0.4) is 0 Å². The molecule has 63 heavy (non-hydrogen) atoms.